The molecule has 0 radical (unpaired) electrons. The molecule has 46 heavy (non-hydrogen) atoms. The van der Waals surface area contributed by atoms with Crippen molar-refractivity contribution in [3.05, 3.63) is 113 Å². The molecule has 6 heteroatoms. The molecule has 0 aliphatic carbocycles. The van der Waals surface area contributed by atoms with E-state index in [0.29, 0.717) is 6.42 Å². The van der Waals surface area contributed by atoms with Gasteiger partial charge in [-0.15, -0.1) is 0 Å². The van der Waals surface area contributed by atoms with Crippen LogP contribution in [0.2, 0.25) is 5.02 Å². The van der Waals surface area contributed by atoms with Crippen molar-refractivity contribution >= 4 is 39.2 Å². The summed E-state index contributed by atoms with van der Waals surface area (Å²) >= 11 is 6.61. The molecule has 5 nitrogen and oxygen atoms in total. The van der Waals surface area contributed by atoms with Crippen LogP contribution in [0.15, 0.2) is 91.0 Å². The predicted octanol–water partition coefficient (Wildman–Crippen LogP) is 9.31. The van der Waals surface area contributed by atoms with Gasteiger partial charge in [-0.05, 0) is 99.6 Å². The van der Waals surface area contributed by atoms with Gasteiger partial charge in [0.15, 0.2) is 5.78 Å². The van der Waals surface area contributed by atoms with Gasteiger partial charge in [0.2, 0.25) is 0 Å². The highest BCUT2D eigenvalue weighted by Crippen LogP contribution is 2.34. The van der Waals surface area contributed by atoms with Crippen molar-refractivity contribution < 1.29 is 9.53 Å². The van der Waals surface area contributed by atoms with E-state index < -0.39 is 0 Å². The van der Waals surface area contributed by atoms with E-state index in [1.807, 2.05) is 42.5 Å². The molecule has 238 valence electrons. The number of piperidine rings is 1. The monoisotopic (exact) mass is 633 g/mol. The second-order valence-electron chi connectivity index (χ2n) is 13.0. The molecule has 4 aromatic carbocycles. The van der Waals surface area contributed by atoms with Gasteiger partial charge in [0.1, 0.15) is 11.9 Å². The van der Waals surface area contributed by atoms with E-state index in [4.69, 9.17) is 16.3 Å². The number of Topliss-reactive ketones (excluding diaryl/α,β-unsaturated/α-hetero) is 1. The summed E-state index contributed by atoms with van der Waals surface area (Å²) < 4.78 is 8.86. The van der Waals surface area contributed by atoms with Crippen LogP contribution in [-0.4, -0.2) is 52.4 Å². The molecule has 0 spiro atoms. The van der Waals surface area contributed by atoms with Crippen molar-refractivity contribution in [2.45, 2.75) is 70.7 Å². The molecular formula is C40H44ClN3O2. The highest BCUT2D eigenvalue weighted by atomic mass is 35.5. The first kappa shape index (κ1) is 31.0. The number of para-hydroxylation sites is 1. The highest BCUT2D eigenvalue weighted by Gasteiger charge is 2.26. The SMILES string of the molecule is CCn1c2ccccc2c2cc(CN3CCC(Oc4cccc(C(=O)CCC(c5ccccc5Cl)N5CCCC5)c4)CC3)ccc21. The van der Waals surface area contributed by atoms with Crippen LogP contribution >= 0.6 is 11.6 Å². The first-order valence-electron chi connectivity index (χ1n) is 17.1. The van der Waals surface area contributed by atoms with E-state index in [1.54, 1.807) is 0 Å². The maximum atomic E-state index is 13.4. The van der Waals surface area contributed by atoms with Crippen molar-refractivity contribution in [3.8, 4) is 5.75 Å². The normalized spacial score (nSPS) is 17.2. The first-order chi connectivity index (χ1) is 22.6. The third-order valence-corrected chi connectivity index (χ3v) is 10.4. The minimum Gasteiger partial charge on any atom is -0.490 e. The number of carbonyl (C=O) groups is 1. The fraction of sp³-hybridized carbons (Fsp3) is 0.375. The third kappa shape index (κ3) is 6.60. The van der Waals surface area contributed by atoms with Crippen molar-refractivity contribution in [1.82, 2.24) is 14.4 Å². The molecule has 0 amide bonds. The Hall–Kier alpha value is -3.64. The van der Waals surface area contributed by atoms with E-state index in [1.165, 1.54) is 40.2 Å². The summed E-state index contributed by atoms with van der Waals surface area (Å²) in [6.45, 7) is 8.25. The molecule has 1 atom stereocenters. The van der Waals surface area contributed by atoms with Gasteiger partial charge in [-0.25, -0.2) is 0 Å². The summed E-state index contributed by atoms with van der Waals surface area (Å²) in [5, 5.41) is 3.47. The number of rotatable bonds is 11. The average molecular weight is 634 g/mol. The predicted molar refractivity (Wildman–Crippen MR) is 189 cm³/mol. The van der Waals surface area contributed by atoms with Gasteiger partial charge in [-0.1, -0.05) is 66.2 Å². The topological polar surface area (TPSA) is 37.7 Å². The van der Waals surface area contributed by atoms with E-state index in [-0.39, 0.29) is 17.9 Å². The number of hydrogen-bond acceptors (Lipinski definition) is 4. The Morgan fingerprint density at radius 2 is 1.61 bits per heavy atom. The van der Waals surface area contributed by atoms with Crippen molar-refractivity contribution in [2.75, 3.05) is 26.2 Å². The zero-order chi connectivity index (χ0) is 31.5. The summed E-state index contributed by atoms with van der Waals surface area (Å²) in [4.78, 5) is 18.4. The number of likely N-dealkylation sites (tertiary alicyclic amines) is 2. The van der Waals surface area contributed by atoms with Gasteiger partial charge >= 0.3 is 0 Å². The quantitative estimate of drug-likeness (QED) is 0.136. The van der Waals surface area contributed by atoms with Crippen LogP contribution in [0.4, 0.5) is 0 Å². The summed E-state index contributed by atoms with van der Waals surface area (Å²) in [5.41, 5.74) is 5.84. The Morgan fingerprint density at radius 3 is 2.41 bits per heavy atom. The Labute approximate surface area is 277 Å². The Morgan fingerprint density at radius 1 is 0.848 bits per heavy atom. The summed E-state index contributed by atoms with van der Waals surface area (Å²) in [7, 11) is 0. The van der Waals surface area contributed by atoms with Gasteiger partial charge in [0, 0.05) is 71.0 Å². The smallest absolute Gasteiger partial charge is 0.163 e. The van der Waals surface area contributed by atoms with Gasteiger partial charge < -0.3 is 9.30 Å². The number of nitrogens with zero attached hydrogens (tertiary/aromatic N) is 3. The number of carbonyl (C=O) groups excluding carboxylic acids is 1. The zero-order valence-corrected chi connectivity index (χ0v) is 27.6. The summed E-state index contributed by atoms with van der Waals surface area (Å²) in [6.07, 6.45) is 5.77. The number of hydrogen-bond donors (Lipinski definition) is 0. The molecule has 1 aromatic heterocycles. The second kappa shape index (κ2) is 14.0. The Balaban J connectivity index is 0.945. The molecule has 2 aliphatic heterocycles. The number of ketones is 1. The van der Waals surface area contributed by atoms with E-state index in [9.17, 15) is 4.79 Å². The zero-order valence-electron chi connectivity index (χ0n) is 26.8. The lowest BCUT2D eigenvalue weighted by molar-refractivity contribution is 0.0943. The van der Waals surface area contributed by atoms with Crippen LogP contribution in [0, 0.1) is 0 Å². The molecule has 2 aliphatic rings. The van der Waals surface area contributed by atoms with E-state index >= 15 is 0 Å². The number of aromatic nitrogens is 1. The van der Waals surface area contributed by atoms with Crippen molar-refractivity contribution in [1.29, 1.82) is 0 Å². The van der Waals surface area contributed by atoms with E-state index in [0.717, 1.165) is 80.4 Å². The molecule has 2 fully saturated rings. The summed E-state index contributed by atoms with van der Waals surface area (Å²) in [6, 6.07) is 31.8. The lowest BCUT2D eigenvalue weighted by atomic mass is 9.97. The molecule has 0 N–H and O–H groups in total. The molecule has 0 bridgehead atoms. The minimum atomic E-state index is 0.159. The fourth-order valence-corrected chi connectivity index (χ4v) is 7.93. The van der Waals surface area contributed by atoms with E-state index in [2.05, 4.69) is 69.8 Å². The second-order valence-corrected chi connectivity index (χ2v) is 13.4. The lowest BCUT2D eigenvalue weighted by Gasteiger charge is -2.32. The average Bonchev–Trinajstić information content (AvgIpc) is 3.73. The van der Waals surface area contributed by atoms with Crippen molar-refractivity contribution in [3.63, 3.8) is 0 Å². The molecule has 3 heterocycles. The fourth-order valence-electron chi connectivity index (χ4n) is 7.66. The number of aryl methyl sites for hydroxylation is 1. The van der Waals surface area contributed by atoms with Crippen LogP contribution in [0.3, 0.4) is 0 Å². The third-order valence-electron chi connectivity index (χ3n) is 10.0. The lowest BCUT2D eigenvalue weighted by Crippen LogP contribution is -2.37. The van der Waals surface area contributed by atoms with Crippen LogP contribution < -0.4 is 4.74 Å². The number of halogens is 1. The maximum absolute atomic E-state index is 13.4. The standard InChI is InChI=1S/C40H44ClN3O2/c1-2-44-38-15-6-4-12-33(38)35-26-29(16-17-39(35)44)28-42-24-20-31(21-25-42)46-32-11-9-10-30(27-32)40(45)19-18-37(43-22-7-8-23-43)34-13-3-5-14-36(34)41/h3-6,9-17,26-27,31,37H,2,7-8,18-25,28H2,1H3. The molecule has 0 saturated carbocycles. The first-order valence-corrected chi connectivity index (χ1v) is 17.5. The van der Waals surface area contributed by atoms with Crippen LogP contribution in [0.5, 0.6) is 5.75 Å². The van der Waals surface area contributed by atoms with Crippen LogP contribution in [0.25, 0.3) is 21.8 Å². The largest absolute Gasteiger partial charge is 0.490 e. The minimum absolute atomic E-state index is 0.159. The van der Waals surface area contributed by atoms with Crippen LogP contribution in [-0.2, 0) is 13.1 Å². The highest BCUT2D eigenvalue weighted by molar-refractivity contribution is 6.31. The number of ether oxygens (including phenoxy) is 1. The van der Waals surface area contributed by atoms with Crippen LogP contribution in [0.1, 0.15) is 73.0 Å². The molecule has 2 saturated heterocycles. The van der Waals surface area contributed by atoms with Crippen molar-refractivity contribution in [2.24, 2.45) is 0 Å². The van der Waals surface area contributed by atoms with Gasteiger partial charge in [0.25, 0.3) is 0 Å². The molecule has 5 aromatic rings. The molecule has 7 rings (SSSR count). The van der Waals surface area contributed by atoms with Gasteiger partial charge in [-0.2, -0.15) is 0 Å². The molecule has 1 unspecified atom stereocenters. The van der Waals surface area contributed by atoms with Gasteiger partial charge in [-0.3, -0.25) is 14.6 Å². The Bertz CT molecular complexity index is 1820. The van der Waals surface area contributed by atoms with Gasteiger partial charge in [0.05, 0.1) is 0 Å². The maximum Gasteiger partial charge on any atom is 0.163 e. The number of fused-ring (bicyclic) bond motifs is 3. The number of benzene rings is 4. The summed E-state index contributed by atoms with van der Waals surface area (Å²) in [5.74, 6) is 0.958. The Kier molecular flexibility index (Phi) is 9.43. The molecular weight excluding hydrogens is 590 g/mol.